The number of alkyl halides is 6. The van der Waals surface area contributed by atoms with Gasteiger partial charge in [-0.3, -0.25) is 9.69 Å². The Balaban J connectivity index is 1.41. The van der Waals surface area contributed by atoms with Gasteiger partial charge in [-0.2, -0.15) is 36.0 Å². The van der Waals surface area contributed by atoms with Gasteiger partial charge < -0.3 is 15.3 Å². The Bertz CT molecular complexity index is 1340. The number of likely N-dealkylation sites (tertiary alicyclic amines) is 2. The highest BCUT2D eigenvalue weighted by atomic mass is 19.4. The summed E-state index contributed by atoms with van der Waals surface area (Å²) in [4.78, 5) is 18.5. The first-order chi connectivity index (χ1) is 17.8. The van der Waals surface area contributed by atoms with Gasteiger partial charge in [0.15, 0.2) is 17.0 Å². The van der Waals surface area contributed by atoms with Crippen molar-refractivity contribution >= 4 is 17.4 Å². The zero-order chi connectivity index (χ0) is 27.5. The van der Waals surface area contributed by atoms with Crippen LogP contribution in [0, 0.1) is 11.2 Å². The van der Waals surface area contributed by atoms with Gasteiger partial charge in [0.1, 0.15) is 18.2 Å². The van der Waals surface area contributed by atoms with Crippen LogP contribution >= 0.6 is 0 Å². The molecule has 1 aromatic carbocycles. The van der Waals surface area contributed by atoms with Crippen LogP contribution in [0.4, 0.5) is 36.6 Å². The summed E-state index contributed by atoms with van der Waals surface area (Å²) in [6.45, 7) is 1.29. The monoisotopic (exact) mass is 546 g/mol. The Morgan fingerprint density at radius 2 is 1.63 bits per heavy atom. The lowest BCUT2D eigenvalue weighted by Gasteiger charge is -2.62. The second kappa shape index (κ2) is 9.08. The SMILES string of the molecule is O=C(CO)N1CC2(C1)CN([C@H](CNc1cc(C(F)(F)F)nc3cc(C(F)(F)F)nn13)c1ccc(F)cc1)C2. The summed E-state index contributed by atoms with van der Waals surface area (Å²) in [6.07, 6.45) is -9.80. The van der Waals surface area contributed by atoms with Gasteiger partial charge in [-0.05, 0) is 17.7 Å². The summed E-state index contributed by atoms with van der Waals surface area (Å²) in [5.41, 5.74) is -2.96. The molecule has 4 heterocycles. The highest BCUT2D eigenvalue weighted by molar-refractivity contribution is 5.78. The van der Waals surface area contributed by atoms with E-state index in [4.69, 9.17) is 5.11 Å². The zero-order valence-corrected chi connectivity index (χ0v) is 19.5. The number of anilines is 1. The van der Waals surface area contributed by atoms with Crippen molar-refractivity contribution in [2.75, 3.05) is 44.6 Å². The molecule has 2 saturated heterocycles. The van der Waals surface area contributed by atoms with Crippen molar-refractivity contribution in [2.24, 2.45) is 5.41 Å². The lowest BCUT2D eigenvalue weighted by atomic mass is 9.71. The van der Waals surface area contributed by atoms with Gasteiger partial charge in [0.2, 0.25) is 5.91 Å². The molecule has 2 aromatic heterocycles. The number of hydrogen-bond acceptors (Lipinski definition) is 6. The highest BCUT2D eigenvalue weighted by Crippen LogP contribution is 2.44. The number of nitrogens with zero attached hydrogens (tertiary/aromatic N) is 5. The largest absolute Gasteiger partial charge is 0.435 e. The number of carbonyl (C=O) groups excluding carboxylic acids is 1. The summed E-state index contributed by atoms with van der Waals surface area (Å²) >= 11 is 0. The fourth-order valence-corrected chi connectivity index (χ4v) is 5.00. The van der Waals surface area contributed by atoms with Crippen LogP contribution in [0.25, 0.3) is 5.65 Å². The molecule has 3 aromatic rings. The molecule has 15 heteroatoms. The van der Waals surface area contributed by atoms with Crippen molar-refractivity contribution in [1.29, 1.82) is 0 Å². The molecular formula is C23H21F7N6O2. The van der Waals surface area contributed by atoms with E-state index >= 15 is 0 Å². The van der Waals surface area contributed by atoms with Crippen LogP contribution in [0.3, 0.4) is 0 Å². The number of carbonyl (C=O) groups is 1. The van der Waals surface area contributed by atoms with Crippen molar-refractivity contribution in [3.63, 3.8) is 0 Å². The van der Waals surface area contributed by atoms with Gasteiger partial charge in [-0.1, -0.05) is 12.1 Å². The number of aliphatic hydroxyl groups excluding tert-OH is 1. The minimum absolute atomic E-state index is 0.0430. The van der Waals surface area contributed by atoms with Gasteiger partial charge in [-0.25, -0.2) is 9.37 Å². The number of rotatable bonds is 6. The van der Waals surface area contributed by atoms with Crippen molar-refractivity contribution in [3.8, 4) is 0 Å². The van der Waals surface area contributed by atoms with E-state index in [1.54, 1.807) is 0 Å². The van der Waals surface area contributed by atoms with Crippen LogP contribution in [0.15, 0.2) is 36.4 Å². The Morgan fingerprint density at radius 3 is 2.21 bits per heavy atom. The number of fused-ring (bicyclic) bond motifs is 1. The highest BCUT2D eigenvalue weighted by Gasteiger charge is 2.54. The molecule has 0 unspecified atom stereocenters. The van der Waals surface area contributed by atoms with Crippen LogP contribution < -0.4 is 5.32 Å². The summed E-state index contributed by atoms with van der Waals surface area (Å²) in [7, 11) is 0. The van der Waals surface area contributed by atoms with Gasteiger partial charge in [-0.15, -0.1) is 0 Å². The second-order valence-electron chi connectivity index (χ2n) is 9.58. The van der Waals surface area contributed by atoms with Crippen molar-refractivity contribution < 1.29 is 40.6 Å². The van der Waals surface area contributed by atoms with E-state index < -0.39 is 47.9 Å². The number of hydrogen-bond donors (Lipinski definition) is 2. The molecular weight excluding hydrogens is 525 g/mol. The first kappa shape index (κ1) is 26.2. The van der Waals surface area contributed by atoms with Gasteiger partial charge >= 0.3 is 12.4 Å². The van der Waals surface area contributed by atoms with Crippen molar-refractivity contribution in [1.82, 2.24) is 24.4 Å². The average molecular weight is 546 g/mol. The van der Waals surface area contributed by atoms with Crippen LogP contribution in [0.5, 0.6) is 0 Å². The standard InChI is InChI=1S/C23H21F7N6O2/c24-14-3-1-13(2-4-14)15(34-9-21(10-34)11-35(12-21)20(38)8-37)7-31-18-5-16(22(25,26)27)32-19-6-17(23(28,29)30)33-36(18)19/h1-6,15,31,37H,7-12H2/t15-/m1/s1. The molecule has 1 atom stereocenters. The number of amides is 1. The first-order valence-electron chi connectivity index (χ1n) is 11.5. The maximum atomic E-state index is 13.6. The molecule has 0 radical (unpaired) electrons. The molecule has 38 heavy (non-hydrogen) atoms. The molecule has 2 fully saturated rings. The lowest BCUT2D eigenvalue weighted by molar-refractivity contribution is -0.165. The van der Waals surface area contributed by atoms with Gasteiger partial charge in [0, 0.05) is 50.3 Å². The van der Waals surface area contributed by atoms with Gasteiger partial charge in [0.25, 0.3) is 0 Å². The quantitative estimate of drug-likeness (QED) is 0.462. The van der Waals surface area contributed by atoms with E-state index in [1.807, 2.05) is 4.90 Å². The third-order valence-corrected chi connectivity index (χ3v) is 6.80. The summed E-state index contributed by atoms with van der Waals surface area (Å²) in [5.74, 6) is -1.21. The Morgan fingerprint density at radius 1 is 1.00 bits per heavy atom. The Hall–Kier alpha value is -3.46. The van der Waals surface area contributed by atoms with E-state index in [-0.39, 0.29) is 23.7 Å². The molecule has 2 N–H and O–H groups in total. The molecule has 1 amide bonds. The summed E-state index contributed by atoms with van der Waals surface area (Å²) in [6, 6.07) is 6.05. The fraction of sp³-hybridized carbons (Fsp3) is 0.435. The third kappa shape index (κ3) is 4.87. The molecule has 2 aliphatic heterocycles. The van der Waals surface area contributed by atoms with E-state index in [9.17, 15) is 35.5 Å². The predicted octanol–water partition coefficient (Wildman–Crippen LogP) is 3.20. The molecule has 0 aliphatic carbocycles. The predicted molar refractivity (Wildman–Crippen MR) is 118 cm³/mol. The van der Waals surface area contributed by atoms with Crippen LogP contribution in [0.2, 0.25) is 0 Å². The molecule has 0 bridgehead atoms. The molecule has 5 rings (SSSR count). The van der Waals surface area contributed by atoms with Crippen LogP contribution in [0.1, 0.15) is 23.0 Å². The molecule has 0 saturated carbocycles. The smallest absolute Gasteiger partial charge is 0.387 e. The topological polar surface area (TPSA) is 86.0 Å². The number of aliphatic hydroxyl groups is 1. The van der Waals surface area contributed by atoms with E-state index in [0.717, 1.165) is 0 Å². The number of halogens is 7. The minimum atomic E-state index is -4.91. The second-order valence-corrected chi connectivity index (χ2v) is 9.58. The van der Waals surface area contributed by atoms with E-state index in [1.165, 1.54) is 29.2 Å². The fourth-order valence-electron chi connectivity index (χ4n) is 5.00. The van der Waals surface area contributed by atoms with Crippen LogP contribution in [-0.4, -0.2) is 74.7 Å². The third-order valence-electron chi connectivity index (χ3n) is 6.80. The first-order valence-corrected chi connectivity index (χ1v) is 11.5. The average Bonchev–Trinajstić information content (AvgIpc) is 3.24. The van der Waals surface area contributed by atoms with Gasteiger partial charge in [0.05, 0.1) is 6.04 Å². The Kier molecular flexibility index (Phi) is 6.25. The summed E-state index contributed by atoms with van der Waals surface area (Å²) < 4.78 is 94.2. The number of aromatic nitrogens is 3. The summed E-state index contributed by atoms with van der Waals surface area (Å²) in [5, 5.41) is 15.2. The number of benzene rings is 1. The molecule has 1 spiro atoms. The van der Waals surface area contributed by atoms with E-state index in [2.05, 4.69) is 15.4 Å². The molecule has 2 aliphatic rings. The zero-order valence-electron chi connectivity index (χ0n) is 19.5. The van der Waals surface area contributed by atoms with Crippen molar-refractivity contribution in [3.05, 3.63) is 59.2 Å². The Labute approximate surface area is 210 Å². The van der Waals surface area contributed by atoms with Crippen LogP contribution in [-0.2, 0) is 17.1 Å². The van der Waals surface area contributed by atoms with E-state index in [0.29, 0.717) is 48.4 Å². The molecule has 8 nitrogen and oxygen atoms in total. The van der Waals surface area contributed by atoms with Crippen molar-refractivity contribution in [2.45, 2.75) is 18.4 Å². The molecule has 204 valence electrons. The number of nitrogens with one attached hydrogen (secondary N) is 1. The normalized spacial score (nSPS) is 18.4. The lowest BCUT2D eigenvalue weighted by Crippen LogP contribution is -2.73. The minimum Gasteiger partial charge on any atom is -0.387 e. The maximum Gasteiger partial charge on any atom is 0.435 e. The maximum absolute atomic E-state index is 13.6.